The first-order valence-corrected chi connectivity index (χ1v) is 8.99. The number of anilines is 1. The Morgan fingerprint density at radius 1 is 1.04 bits per heavy atom. The summed E-state index contributed by atoms with van der Waals surface area (Å²) in [5.74, 6) is 0.293. The molecule has 0 radical (unpaired) electrons. The first-order valence-electron chi connectivity index (χ1n) is 7.82. The summed E-state index contributed by atoms with van der Waals surface area (Å²) in [6.45, 7) is 0. The molecule has 3 aromatic carbocycles. The van der Waals surface area contributed by atoms with Crippen LogP contribution in [0.3, 0.4) is 0 Å². The number of benzene rings is 3. The Morgan fingerprint density at radius 3 is 2.65 bits per heavy atom. The molecule has 4 nitrogen and oxygen atoms in total. The van der Waals surface area contributed by atoms with E-state index in [2.05, 4.69) is 26.2 Å². The third-order valence-electron chi connectivity index (χ3n) is 3.82. The molecule has 0 fully saturated rings. The second kappa shape index (κ2) is 6.94. The largest absolute Gasteiger partial charge is 0.436 e. The van der Waals surface area contributed by atoms with Crippen LogP contribution in [-0.2, 0) is 0 Å². The first kappa shape index (κ1) is 16.8. The zero-order valence-corrected chi connectivity index (χ0v) is 15.7. The molecule has 1 N–H and O–H groups in total. The molecule has 0 aliphatic carbocycles. The van der Waals surface area contributed by atoms with E-state index in [0.29, 0.717) is 33.3 Å². The molecule has 4 aromatic rings. The lowest BCUT2D eigenvalue weighted by Gasteiger charge is -2.06. The van der Waals surface area contributed by atoms with E-state index in [1.807, 2.05) is 36.4 Å². The van der Waals surface area contributed by atoms with Crippen molar-refractivity contribution in [3.8, 4) is 11.5 Å². The van der Waals surface area contributed by atoms with E-state index in [-0.39, 0.29) is 5.91 Å². The number of carbonyl (C=O) groups excluding carboxylic acids is 1. The first-order chi connectivity index (χ1) is 12.6. The SMILES string of the molecule is O=C(Nc1cccc(-c2nc3cc(Cl)ccc3o2)c1)c1ccc(Br)cc1. The maximum absolute atomic E-state index is 12.4. The molecule has 1 aromatic heterocycles. The van der Waals surface area contributed by atoms with Gasteiger partial charge in [0.25, 0.3) is 5.91 Å². The van der Waals surface area contributed by atoms with Gasteiger partial charge in [-0.1, -0.05) is 33.6 Å². The lowest BCUT2D eigenvalue weighted by Crippen LogP contribution is -2.11. The van der Waals surface area contributed by atoms with Crippen LogP contribution in [0.1, 0.15) is 10.4 Å². The Labute approximate surface area is 162 Å². The highest BCUT2D eigenvalue weighted by molar-refractivity contribution is 9.10. The summed E-state index contributed by atoms with van der Waals surface area (Å²) in [7, 11) is 0. The molecule has 0 bridgehead atoms. The van der Waals surface area contributed by atoms with Gasteiger partial charge in [0.2, 0.25) is 5.89 Å². The second-order valence-corrected chi connectivity index (χ2v) is 7.02. The number of hydrogen-bond acceptors (Lipinski definition) is 3. The van der Waals surface area contributed by atoms with Crippen LogP contribution >= 0.6 is 27.5 Å². The summed E-state index contributed by atoms with van der Waals surface area (Å²) >= 11 is 9.35. The maximum Gasteiger partial charge on any atom is 0.255 e. The highest BCUT2D eigenvalue weighted by Gasteiger charge is 2.11. The Morgan fingerprint density at radius 2 is 1.85 bits per heavy atom. The predicted molar refractivity (Wildman–Crippen MR) is 107 cm³/mol. The summed E-state index contributed by atoms with van der Waals surface area (Å²) in [5.41, 5.74) is 3.36. The summed E-state index contributed by atoms with van der Waals surface area (Å²) in [5, 5.41) is 3.49. The summed E-state index contributed by atoms with van der Waals surface area (Å²) < 4.78 is 6.70. The maximum atomic E-state index is 12.4. The van der Waals surface area contributed by atoms with Crippen LogP contribution in [0, 0.1) is 0 Å². The van der Waals surface area contributed by atoms with Crippen molar-refractivity contribution in [1.29, 1.82) is 0 Å². The predicted octanol–water partition coefficient (Wildman–Crippen LogP) is 6.16. The van der Waals surface area contributed by atoms with Crippen LogP contribution in [0.2, 0.25) is 5.02 Å². The topological polar surface area (TPSA) is 55.1 Å². The molecule has 0 saturated carbocycles. The van der Waals surface area contributed by atoms with Gasteiger partial charge in [0.05, 0.1) is 0 Å². The molecule has 0 atom stereocenters. The molecule has 0 unspecified atom stereocenters. The highest BCUT2D eigenvalue weighted by atomic mass is 79.9. The molecule has 0 aliphatic heterocycles. The van der Waals surface area contributed by atoms with Crippen molar-refractivity contribution in [1.82, 2.24) is 4.98 Å². The zero-order valence-electron chi connectivity index (χ0n) is 13.4. The number of amides is 1. The Hall–Kier alpha value is -2.63. The Bertz CT molecular complexity index is 1110. The minimum Gasteiger partial charge on any atom is -0.436 e. The van der Waals surface area contributed by atoms with E-state index >= 15 is 0 Å². The third-order valence-corrected chi connectivity index (χ3v) is 4.59. The summed E-state index contributed by atoms with van der Waals surface area (Å²) in [4.78, 5) is 16.8. The number of nitrogens with zero attached hydrogens (tertiary/aromatic N) is 1. The van der Waals surface area contributed by atoms with E-state index in [9.17, 15) is 4.79 Å². The number of oxazole rings is 1. The smallest absolute Gasteiger partial charge is 0.255 e. The quantitative estimate of drug-likeness (QED) is 0.426. The van der Waals surface area contributed by atoms with E-state index in [0.717, 1.165) is 10.0 Å². The number of carbonyl (C=O) groups is 1. The minimum absolute atomic E-state index is 0.181. The van der Waals surface area contributed by atoms with E-state index < -0.39 is 0 Å². The number of nitrogens with one attached hydrogen (secondary N) is 1. The van der Waals surface area contributed by atoms with Gasteiger partial charge in [0.15, 0.2) is 5.58 Å². The molecule has 0 spiro atoms. The molecule has 4 rings (SSSR count). The molecule has 1 heterocycles. The monoisotopic (exact) mass is 426 g/mol. The van der Waals surface area contributed by atoms with Crippen LogP contribution < -0.4 is 5.32 Å². The van der Waals surface area contributed by atoms with Gasteiger partial charge in [-0.25, -0.2) is 4.98 Å². The third kappa shape index (κ3) is 3.49. The van der Waals surface area contributed by atoms with Crippen LogP contribution in [0.15, 0.2) is 75.6 Å². The van der Waals surface area contributed by atoms with Crippen molar-refractivity contribution in [3.05, 3.63) is 81.8 Å². The number of aromatic nitrogens is 1. The van der Waals surface area contributed by atoms with Gasteiger partial charge in [-0.15, -0.1) is 0 Å². The van der Waals surface area contributed by atoms with Crippen molar-refractivity contribution < 1.29 is 9.21 Å². The molecule has 0 aliphatic rings. The van der Waals surface area contributed by atoms with E-state index in [1.165, 1.54) is 0 Å². The van der Waals surface area contributed by atoms with Gasteiger partial charge in [0, 0.05) is 26.3 Å². The van der Waals surface area contributed by atoms with E-state index in [1.54, 1.807) is 30.3 Å². The molecule has 6 heteroatoms. The fraction of sp³-hybridized carbons (Fsp3) is 0. The van der Waals surface area contributed by atoms with Gasteiger partial charge in [0.1, 0.15) is 5.52 Å². The lowest BCUT2D eigenvalue weighted by atomic mass is 10.1. The molecular weight excluding hydrogens is 416 g/mol. The van der Waals surface area contributed by atoms with Crippen LogP contribution in [0.5, 0.6) is 0 Å². The summed E-state index contributed by atoms with van der Waals surface area (Å²) in [6, 6.07) is 19.8. The molecule has 26 heavy (non-hydrogen) atoms. The van der Waals surface area contributed by atoms with Crippen molar-refractivity contribution >= 4 is 50.2 Å². The standard InChI is InChI=1S/C20H12BrClN2O2/c21-14-6-4-12(5-7-14)19(25)23-16-3-1-2-13(10-16)20-24-17-11-15(22)8-9-18(17)26-20/h1-11H,(H,23,25). The van der Waals surface area contributed by atoms with Crippen molar-refractivity contribution in [3.63, 3.8) is 0 Å². The normalized spacial score (nSPS) is 10.8. The number of fused-ring (bicyclic) bond motifs is 1. The average molecular weight is 428 g/mol. The van der Waals surface area contributed by atoms with Gasteiger partial charge in [-0.3, -0.25) is 4.79 Å². The molecule has 1 amide bonds. The van der Waals surface area contributed by atoms with Crippen LogP contribution in [-0.4, -0.2) is 10.9 Å². The Kier molecular flexibility index (Phi) is 4.49. The van der Waals surface area contributed by atoms with Crippen molar-refractivity contribution in [2.75, 3.05) is 5.32 Å². The fourth-order valence-electron chi connectivity index (χ4n) is 2.56. The van der Waals surface area contributed by atoms with Crippen molar-refractivity contribution in [2.45, 2.75) is 0 Å². The second-order valence-electron chi connectivity index (χ2n) is 5.67. The zero-order chi connectivity index (χ0) is 18.1. The van der Waals surface area contributed by atoms with Gasteiger partial charge < -0.3 is 9.73 Å². The highest BCUT2D eigenvalue weighted by Crippen LogP contribution is 2.27. The van der Waals surface area contributed by atoms with Crippen molar-refractivity contribution in [2.24, 2.45) is 0 Å². The number of rotatable bonds is 3. The fourth-order valence-corrected chi connectivity index (χ4v) is 2.99. The van der Waals surface area contributed by atoms with Gasteiger partial charge in [-0.05, 0) is 60.7 Å². The van der Waals surface area contributed by atoms with Crippen LogP contribution in [0.4, 0.5) is 5.69 Å². The summed E-state index contributed by atoms with van der Waals surface area (Å²) in [6.07, 6.45) is 0. The average Bonchev–Trinajstić information content (AvgIpc) is 3.05. The number of hydrogen-bond donors (Lipinski definition) is 1. The van der Waals surface area contributed by atoms with E-state index in [4.69, 9.17) is 16.0 Å². The van der Waals surface area contributed by atoms with Gasteiger partial charge in [-0.2, -0.15) is 0 Å². The Balaban J connectivity index is 1.61. The number of halogens is 2. The molecular formula is C20H12BrClN2O2. The molecule has 0 saturated heterocycles. The molecule has 128 valence electrons. The minimum atomic E-state index is -0.181. The van der Waals surface area contributed by atoms with Crippen LogP contribution in [0.25, 0.3) is 22.6 Å². The van der Waals surface area contributed by atoms with Gasteiger partial charge >= 0.3 is 0 Å². The lowest BCUT2D eigenvalue weighted by molar-refractivity contribution is 0.102.